The van der Waals surface area contributed by atoms with Crippen molar-refractivity contribution in [3.63, 3.8) is 0 Å². The van der Waals surface area contributed by atoms with E-state index in [1.165, 1.54) is 19.3 Å². The highest BCUT2D eigenvalue weighted by atomic mass is 35.5. The van der Waals surface area contributed by atoms with E-state index in [-0.39, 0.29) is 12.1 Å². The summed E-state index contributed by atoms with van der Waals surface area (Å²) >= 11 is 6.47. The van der Waals surface area contributed by atoms with Crippen LogP contribution in [0.2, 0.25) is 5.02 Å². The molecule has 22 heavy (non-hydrogen) atoms. The molecule has 0 radical (unpaired) electrons. The molecular weight excluding hydrogens is 296 g/mol. The predicted molar refractivity (Wildman–Crippen MR) is 88.0 cm³/mol. The zero-order valence-electron chi connectivity index (χ0n) is 12.6. The molecule has 1 aromatic carbocycles. The first-order chi connectivity index (χ1) is 10.8. The summed E-state index contributed by atoms with van der Waals surface area (Å²) in [5.41, 5.74) is 3.42. The number of hydrogen-bond donors (Lipinski definition) is 1. The quantitative estimate of drug-likeness (QED) is 0.909. The van der Waals surface area contributed by atoms with E-state index < -0.39 is 0 Å². The standard InChI is InChI=1S/C18H21ClN2O/c19-14-8-4-7-13-16-10-20-11-21(16)15(18(13)14)9-17(22)12-5-2-1-3-6-12/h4,7-8,10-12,15,17,22H,1-3,5-6,9H2/t15-,17+/m0/s1. The molecule has 1 aliphatic carbocycles. The highest BCUT2D eigenvalue weighted by molar-refractivity contribution is 6.32. The molecule has 2 aromatic rings. The number of halogens is 1. The number of nitrogens with zero attached hydrogens (tertiary/aromatic N) is 2. The Hall–Kier alpha value is -1.32. The Balaban J connectivity index is 1.65. The number of benzene rings is 1. The third-order valence-electron chi connectivity index (χ3n) is 5.32. The van der Waals surface area contributed by atoms with Crippen molar-refractivity contribution in [3.05, 3.63) is 41.3 Å². The molecule has 1 aliphatic heterocycles. The van der Waals surface area contributed by atoms with Gasteiger partial charge in [-0.15, -0.1) is 0 Å². The van der Waals surface area contributed by atoms with Gasteiger partial charge in [-0.2, -0.15) is 0 Å². The lowest BCUT2D eigenvalue weighted by Crippen LogP contribution is -2.26. The number of aromatic nitrogens is 2. The van der Waals surface area contributed by atoms with Crippen molar-refractivity contribution in [2.45, 2.75) is 50.7 Å². The Morgan fingerprint density at radius 2 is 2.09 bits per heavy atom. The van der Waals surface area contributed by atoms with Crippen LogP contribution in [0, 0.1) is 5.92 Å². The van der Waals surface area contributed by atoms with Gasteiger partial charge >= 0.3 is 0 Å². The Morgan fingerprint density at radius 3 is 2.91 bits per heavy atom. The first kappa shape index (κ1) is 14.3. The lowest BCUT2D eigenvalue weighted by atomic mass is 9.82. The zero-order chi connectivity index (χ0) is 15.1. The summed E-state index contributed by atoms with van der Waals surface area (Å²) in [5, 5.41) is 11.5. The molecule has 3 nitrogen and oxygen atoms in total. The summed E-state index contributed by atoms with van der Waals surface area (Å²) in [6.45, 7) is 0. The fourth-order valence-electron chi connectivity index (χ4n) is 4.17. The van der Waals surface area contributed by atoms with E-state index in [2.05, 4.69) is 15.6 Å². The van der Waals surface area contributed by atoms with Gasteiger partial charge in [-0.1, -0.05) is 43.0 Å². The van der Waals surface area contributed by atoms with Crippen LogP contribution in [-0.4, -0.2) is 20.8 Å². The molecule has 0 bridgehead atoms. The van der Waals surface area contributed by atoms with Crippen molar-refractivity contribution in [2.24, 2.45) is 5.92 Å². The molecule has 1 N–H and O–H groups in total. The minimum atomic E-state index is -0.261. The van der Waals surface area contributed by atoms with Crippen molar-refractivity contribution >= 4 is 11.6 Å². The number of fused-ring (bicyclic) bond motifs is 3. The molecule has 1 aromatic heterocycles. The second kappa shape index (κ2) is 5.71. The number of aliphatic hydroxyl groups excluding tert-OH is 1. The summed E-state index contributed by atoms with van der Waals surface area (Å²) < 4.78 is 2.17. The number of imidazole rings is 1. The van der Waals surface area contributed by atoms with Crippen LogP contribution in [0.5, 0.6) is 0 Å². The van der Waals surface area contributed by atoms with Crippen LogP contribution < -0.4 is 0 Å². The smallest absolute Gasteiger partial charge is 0.0956 e. The van der Waals surface area contributed by atoms with Crippen molar-refractivity contribution < 1.29 is 5.11 Å². The second-order valence-electron chi connectivity index (χ2n) is 6.60. The highest BCUT2D eigenvalue weighted by Gasteiger charge is 2.34. The first-order valence-corrected chi connectivity index (χ1v) is 8.62. The largest absolute Gasteiger partial charge is 0.393 e. The molecule has 0 saturated heterocycles. The van der Waals surface area contributed by atoms with Gasteiger partial charge in [-0.3, -0.25) is 0 Å². The number of aliphatic hydroxyl groups is 1. The van der Waals surface area contributed by atoms with Gasteiger partial charge in [0.25, 0.3) is 0 Å². The Labute approximate surface area is 135 Å². The number of rotatable bonds is 3. The SMILES string of the molecule is O[C@H](C[C@H]1c2c(Cl)cccc2-c2cncn21)C1CCCCC1. The van der Waals surface area contributed by atoms with Crippen LogP contribution in [-0.2, 0) is 0 Å². The summed E-state index contributed by atoms with van der Waals surface area (Å²) in [5.74, 6) is 0.437. The predicted octanol–water partition coefficient (Wildman–Crippen LogP) is 4.44. The molecule has 0 unspecified atom stereocenters. The Kier molecular flexibility index (Phi) is 3.71. The molecule has 4 heteroatoms. The lowest BCUT2D eigenvalue weighted by molar-refractivity contribution is 0.0687. The van der Waals surface area contributed by atoms with Gasteiger partial charge < -0.3 is 9.67 Å². The van der Waals surface area contributed by atoms with Crippen molar-refractivity contribution in [1.82, 2.24) is 9.55 Å². The van der Waals surface area contributed by atoms with Crippen LogP contribution in [0.3, 0.4) is 0 Å². The van der Waals surface area contributed by atoms with Gasteiger partial charge in [0.2, 0.25) is 0 Å². The lowest BCUT2D eigenvalue weighted by Gasteiger charge is -2.29. The van der Waals surface area contributed by atoms with E-state index in [0.29, 0.717) is 5.92 Å². The zero-order valence-corrected chi connectivity index (χ0v) is 13.3. The van der Waals surface area contributed by atoms with Gasteiger partial charge in [0.05, 0.1) is 30.4 Å². The molecule has 2 heterocycles. The normalized spacial score (nSPS) is 22.4. The van der Waals surface area contributed by atoms with Crippen molar-refractivity contribution in [2.75, 3.05) is 0 Å². The van der Waals surface area contributed by atoms with E-state index in [4.69, 9.17) is 11.6 Å². The molecule has 0 spiro atoms. The van der Waals surface area contributed by atoms with E-state index in [1.807, 2.05) is 24.7 Å². The third kappa shape index (κ3) is 2.27. The van der Waals surface area contributed by atoms with E-state index in [1.54, 1.807) is 0 Å². The Bertz CT molecular complexity index is 675. The molecule has 1 saturated carbocycles. The van der Waals surface area contributed by atoms with Crippen LogP contribution in [0.4, 0.5) is 0 Å². The minimum absolute atomic E-state index is 0.109. The van der Waals surface area contributed by atoms with Gasteiger partial charge in [-0.25, -0.2) is 4.98 Å². The summed E-state index contributed by atoms with van der Waals surface area (Å²) in [6.07, 6.45) is 10.3. The molecular formula is C18H21ClN2O. The van der Waals surface area contributed by atoms with Gasteiger partial charge in [0.15, 0.2) is 0 Å². The Morgan fingerprint density at radius 1 is 1.27 bits per heavy atom. The van der Waals surface area contributed by atoms with Gasteiger partial charge in [0, 0.05) is 16.1 Å². The average molecular weight is 317 g/mol. The summed E-state index contributed by atoms with van der Waals surface area (Å²) in [4.78, 5) is 4.28. The molecule has 2 atom stereocenters. The third-order valence-corrected chi connectivity index (χ3v) is 5.65. The molecule has 4 rings (SSSR count). The van der Waals surface area contributed by atoms with Crippen molar-refractivity contribution in [3.8, 4) is 11.3 Å². The molecule has 0 amide bonds. The van der Waals surface area contributed by atoms with Crippen LogP contribution in [0.25, 0.3) is 11.3 Å². The monoisotopic (exact) mass is 316 g/mol. The molecule has 1 fully saturated rings. The maximum absolute atomic E-state index is 10.7. The number of hydrogen-bond acceptors (Lipinski definition) is 2. The minimum Gasteiger partial charge on any atom is -0.393 e. The highest BCUT2D eigenvalue weighted by Crippen LogP contribution is 2.45. The first-order valence-electron chi connectivity index (χ1n) is 8.24. The van der Waals surface area contributed by atoms with Crippen LogP contribution >= 0.6 is 11.6 Å². The fourth-order valence-corrected chi connectivity index (χ4v) is 4.47. The molecule has 2 aliphatic rings. The van der Waals surface area contributed by atoms with Crippen LogP contribution in [0.1, 0.15) is 50.1 Å². The molecule has 116 valence electrons. The average Bonchev–Trinajstić information content (AvgIpc) is 3.12. The van der Waals surface area contributed by atoms with Crippen LogP contribution in [0.15, 0.2) is 30.7 Å². The van der Waals surface area contributed by atoms with E-state index in [9.17, 15) is 5.11 Å². The summed E-state index contributed by atoms with van der Waals surface area (Å²) in [6, 6.07) is 6.14. The van der Waals surface area contributed by atoms with E-state index in [0.717, 1.165) is 41.1 Å². The maximum atomic E-state index is 10.7. The summed E-state index contributed by atoms with van der Waals surface area (Å²) in [7, 11) is 0. The fraction of sp³-hybridized carbons (Fsp3) is 0.500. The maximum Gasteiger partial charge on any atom is 0.0956 e. The topological polar surface area (TPSA) is 38.1 Å². The van der Waals surface area contributed by atoms with E-state index >= 15 is 0 Å². The van der Waals surface area contributed by atoms with Crippen molar-refractivity contribution in [1.29, 1.82) is 0 Å². The second-order valence-corrected chi connectivity index (χ2v) is 7.01. The van der Waals surface area contributed by atoms with Gasteiger partial charge in [0.1, 0.15) is 0 Å². The van der Waals surface area contributed by atoms with Gasteiger partial charge in [-0.05, 0) is 31.2 Å².